The van der Waals surface area contributed by atoms with Gasteiger partial charge in [-0.05, 0) is 26.2 Å². The van der Waals surface area contributed by atoms with Crippen LogP contribution in [-0.4, -0.2) is 44.0 Å². The maximum Gasteiger partial charge on any atom is 0.144 e. The van der Waals surface area contributed by atoms with E-state index in [-0.39, 0.29) is 5.72 Å². The van der Waals surface area contributed by atoms with Crippen LogP contribution in [-0.2, 0) is 9.47 Å². The molecule has 0 saturated carbocycles. The van der Waals surface area contributed by atoms with Gasteiger partial charge < -0.3 is 9.47 Å². The molecule has 3 heteroatoms. The molecule has 0 spiro atoms. The van der Waals surface area contributed by atoms with Crippen LogP contribution in [0.15, 0.2) is 0 Å². The van der Waals surface area contributed by atoms with E-state index < -0.39 is 0 Å². The second-order valence-corrected chi connectivity index (χ2v) is 4.21. The summed E-state index contributed by atoms with van der Waals surface area (Å²) in [5.74, 6) is 0. The molecule has 0 radical (unpaired) electrons. The summed E-state index contributed by atoms with van der Waals surface area (Å²) < 4.78 is 11.3. The fourth-order valence-corrected chi connectivity index (χ4v) is 2.45. The van der Waals surface area contributed by atoms with Crippen LogP contribution in [0.4, 0.5) is 0 Å². The van der Waals surface area contributed by atoms with Crippen molar-refractivity contribution in [1.29, 1.82) is 0 Å². The van der Waals surface area contributed by atoms with Crippen molar-refractivity contribution in [2.24, 2.45) is 0 Å². The van der Waals surface area contributed by atoms with Gasteiger partial charge in [0.15, 0.2) is 0 Å². The van der Waals surface area contributed by atoms with Crippen LogP contribution in [0.5, 0.6) is 0 Å². The van der Waals surface area contributed by atoms with Crippen LogP contribution in [0.3, 0.4) is 0 Å². The first kappa shape index (κ1) is 12.9. The van der Waals surface area contributed by atoms with Crippen LogP contribution in [0.25, 0.3) is 0 Å². The van der Waals surface area contributed by atoms with Gasteiger partial charge in [-0.3, -0.25) is 4.90 Å². The van der Waals surface area contributed by atoms with Gasteiger partial charge in [0.25, 0.3) is 0 Å². The van der Waals surface area contributed by atoms with Gasteiger partial charge in [-0.1, -0.05) is 13.3 Å². The molecule has 3 nitrogen and oxygen atoms in total. The van der Waals surface area contributed by atoms with E-state index in [1.807, 2.05) is 0 Å². The summed E-state index contributed by atoms with van der Waals surface area (Å²) in [4.78, 5) is 2.46. The first-order valence-corrected chi connectivity index (χ1v) is 6.17. The molecule has 0 amide bonds. The van der Waals surface area contributed by atoms with E-state index in [9.17, 15) is 0 Å². The summed E-state index contributed by atoms with van der Waals surface area (Å²) in [6.07, 6.45) is 4.93. The van der Waals surface area contributed by atoms with Gasteiger partial charge >= 0.3 is 0 Å². The average molecular weight is 215 g/mol. The molecule has 1 rings (SSSR count). The number of ether oxygens (including phenoxy) is 2. The number of hydrogen-bond acceptors (Lipinski definition) is 3. The molecular weight excluding hydrogens is 190 g/mol. The van der Waals surface area contributed by atoms with E-state index in [0.29, 0.717) is 6.61 Å². The SMILES string of the molecule is CCOC(CC)(COC)N1CCCCC1. The van der Waals surface area contributed by atoms with Gasteiger partial charge in [-0.25, -0.2) is 0 Å². The lowest BCUT2D eigenvalue weighted by Gasteiger charge is -2.44. The highest BCUT2D eigenvalue weighted by atomic mass is 16.6. The molecular formula is C12H25NO2. The minimum Gasteiger partial charge on any atom is -0.380 e. The molecule has 0 aliphatic carbocycles. The fourth-order valence-electron chi connectivity index (χ4n) is 2.45. The summed E-state index contributed by atoms with van der Waals surface area (Å²) in [6.45, 7) is 7.98. The predicted octanol–water partition coefficient (Wildman–Crippen LogP) is 2.26. The molecule has 90 valence electrons. The van der Waals surface area contributed by atoms with Crippen LogP contribution in [0.1, 0.15) is 39.5 Å². The zero-order valence-electron chi connectivity index (χ0n) is 10.4. The maximum atomic E-state index is 5.96. The molecule has 0 bridgehead atoms. The Morgan fingerprint density at radius 2 is 1.80 bits per heavy atom. The largest absolute Gasteiger partial charge is 0.380 e. The van der Waals surface area contributed by atoms with Crippen LogP contribution in [0.2, 0.25) is 0 Å². The number of piperidine rings is 1. The van der Waals surface area contributed by atoms with Gasteiger partial charge in [0.1, 0.15) is 5.72 Å². The second kappa shape index (κ2) is 6.46. The summed E-state index contributed by atoms with van der Waals surface area (Å²) in [6, 6.07) is 0. The molecule has 0 aromatic carbocycles. The molecule has 1 aliphatic rings. The molecule has 15 heavy (non-hydrogen) atoms. The summed E-state index contributed by atoms with van der Waals surface area (Å²) in [5, 5.41) is 0. The Morgan fingerprint density at radius 1 is 1.13 bits per heavy atom. The summed E-state index contributed by atoms with van der Waals surface area (Å²) in [5.41, 5.74) is -0.177. The van der Waals surface area contributed by atoms with Crippen molar-refractivity contribution in [1.82, 2.24) is 4.90 Å². The third-order valence-electron chi connectivity index (χ3n) is 3.27. The van der Waals surface area contributed by atoms with Crippen molar-refractivity contribution >= 4 is 0 Å². The van der Waals surface area contributed by atoms with Gasteiger partial charge in [-0.2, -0.15) is 0 Å². The average Bonchev–Trinajstić information content (AvgIpc) is 2.30. The molecule has 0 N–H and O–H groups in total. The van der Waals surface area contributed by atoms with Crippen LogP contribution < -0.4 is 0 Å². The quantitative estimate of drug-likeness (QED) is 0.678. The van der Waals surface area contributed by atoms with Crippen molar-refractivity contribution in [3.63, 3.8) is 0 Å². The minimum atomic E-state index is -0.177. The van der Waals surface area contributed by atoms with Gasteiger partial charge in [-0.15, -0.1) is 0 Å². The lowest BCUT2D eigenvalue weighted by atomic mass is 10.0. The van der Waals surface area contributed by atoms with Gasteiger partial charge in [0, 0.05) is 26.8 Å². The molecule has 0 aromatic rings. The Bertz CT molecular complexity index is 161. The summed E-state index contributed by atoms with van der Waals surface area (Å²) in [7, 11) is 1.76. The zero-order chi connectivity index (χ0) is 11.1. The summed E-state index contributed by atoms with van der Waals surface area (Å²) >= 11 is 0. The number of nitrogens with zero attached hydrogens (tertiary/aromatic N) is 1. The topological polar surface area (TPSA) is 21.7 Å². The van der Waals surface area contributed by atoms with Crippen molar-refractivity contribution in [3.05, 3.63) is 0 Å². The van der Waals surface area contributed by atoms with Gasteiger partial charge in [0.05, 0.1) is 6.61 Å². The Labute approximate surface area is 93.7 Å². The van der Waals surface area contributed by atoms with Crippen LogP contribution in [0, 0.1) is 0 Å². The number of hydrogen-bond donors (Lipinski definition) is 0. The third-order valence-corrected chi connectivity index (χ3v) is 3.27. The highest BCUT2D eigenvalue weighted by Crippen LogP contribution is 2.26. The van der Waals surface area contributed by atoms with E-state index in [1.54, 1.807) is 7.11 Å². The van der Waals surface area contributed by atoms with Crippen LogP contribution >= 0.6 is 0 Å². The van der Waals surface area contributed by atoms with E-state index in [1.165, 1.54) is 19.3 Å². The second-order valence-electron chi connectivity index (χ2n) is 4.21. The van der Waals surface area contributed by atoms with E-state index in [0.717, 1.165) is 26.1 Å². The standard InChI is InChI=1S/C12H25NO2/c1-4-12(11-14-3,15-5-2)13-9-7-6-8-10-13/h4-11H2,1-3H3. The number of methoxy groups -OCH3 is 1. The third kappa shape index (κ3) is 3.16. The maximum absolute atomic E-state index is 5.96. The Hall–Kier alpha value is -0.120. The minimum absolute atomic E-state index is 0.177. The zero-order valence-corrected chi connectivity index (χ0v) is 10.4. The monoisotopic (exact) mass is 215 g/mol. The molecule has 1 unspecified atom stereocenters. The first-order chi connectivity index (χ1) is 7.29. The van der Waals surface area contributed by atoms with E-state index >= 15 is 0 Å². The number of likely N-dealkylation sites (tertiary alicyclic amines) is 1. The van der Waals surface area contributed by atoms with E-state index in [2.05, 4.69) is 18.7 Å². The van der Waals surface area contributed by atoms with Crippen molar-refractivity contribution in [2.75, 3.05) is 33.4 Å². The Kier molecular flexibility index (Phi) is 5.58. The molecule has 0 aromatic heterocycles. The first-order valence-electron chi connectivity index (χ1n) is 6.17. The number of rotatable bonds is 6. The normalized spacial score (nSPS) is 22.6. The molecule has 1 aliphatic heterocycles. The Morgan fingerprint density at radius 3 is 2.27 bits per heavy atom. The van der Waals surface area contributed by atoms with Crippen molar-refractivity contribution in [3.8, 4) is 0 Å². The Balaban J connectivity index is 2.66. The lowest BCUT2D eigenvalue weighted by molar-refractivity contribution is -0.189. The fraction of sp³-hybridized carbons (Fsp3) is 1.00. The van der Waals surface area contributed by atoms with Gasteiger partial charge in [0.2, 0.25) is 0 Å². The van der Waals surface area contributed by atoms with Crippen molar-refractivity contribution < 1.29 is 9.47 Å². The molecule has 1 fully saturated rings. The highest BCUT2D eigenvalue weighted by Gasteiger charge is 2.36. The lowest BCUT2D eigenvalue weighted by Crippen LogP contribution is -2.55. The smallest absolute Gasteiger partial charge is 0.144 e. The van der Waals surface area contributed by atoms with E-state index in [4.69, 9.17) is 9.47 Å². The van der Waals surface area contributed by atoms with Crippen molar-refractivity contribution in [2.45, 2.75) is 45.3 Å². The molecule has 1 heterocycles. The molecule has 1 saturated heterocycles. The molecule has 1 atom stereocenters. The highest BCUT2D eigenvalue weighted by molar-refractivity contribution is 4.82. The predicted molar refractivity (Wildman–Crippen MR) is 61.9 cm³/mol.